The number of nitrogens with two attached hydrogens (primary N) is 1. The van der Waals surface area contributed by atoms with Crippen molar-refractivity contribution in [2.45, 2.75) is 44.1 Å². The molecular weight excluding hydrogens is 292 g/mol. The van der Waals surface area contributed by atoms with Crippen LogP contribution in [0.2, 0.25) is 0 Å². The molecule has 3 nitrogen and oxygen atoms in total. The summed E-state index contributed by atoms with van der Waals surface area (Å²) in [6, 6.07) is 8.24. The summed E-state index contributed by atoms with van der Waals surface area (Å²) in [6.07, 6.45) is 4.69. The molecule has 0 radical (unpaired) electrons. The average Bonchev–Trinajstić information content (AvgIpc) is 2.91. The molecule has 1 aromatic carbocycles. The SMILES string of the molecule is Cc1cccc(C(CN)C(=O)N2CCCC23CCCSC3)c1. The highest BCUT2D eigenvalue weighted by molar-refractivity contribution is 7.99. The van der Waals surface area contributed by atoms with Crippen molar-refractivity contribution >= 4 is 17.7 Å². The Morgan fingerprint density at radius 3 is 2.91 bits per heavy atom. The number of nitrogens with zero attached hydrogens (tertiary/aromatic N) is 1. The van der Waals surface area contributed by atoms with E-state index in [9.17, 15) is 4.79 Å². The van der Waals surface area contributed by atoms with E-state index in [2.05, 4.69) is 24.0 Å². The highest BCUT2D eigenvalue weighted by Crippen LogP contribution is 2.41. The van der Waals surface area contributed by atoms with Crippen LogP contribution in [0.5, 0.6) is 0 Å². The summed E-state index contributed by atoms with van der Waals surface area (Å²) < 4.78 is 0. The van der Waals surface area contributed by atoms with Gasteiger partial charge in [0.1, 0.15) is 0 Å². The molecule has 0 saturated carbocycles. The van der Waals surface area contributed by atoms with Gasteiger partial charge in [0, 0.05) is 18.8 Å². The second kappa shape index (κ2) is 6.63. The molecule has 3 rings (SSSR count). The molecule has 120 valence electrons. The van der Waals surface area contributed by atoms with Crippen molar-refractivity contribution < 1.29 is 4.79 Å². The predicted molar refractivity (Wildman–Crippen MR) is 93.2 cm³/mol. The minimum absolute atomic E-state index is 0.108. The maximum Gasteiger partial charge on any atom is 0.231 e. The fourth-order valence-corrected chi connectivity index (χ4v) is 5.30. The van der Waals surface area contributed by atoms with E-state index in [0.29, 0.717) is 6.54 Å². The van der Waals surface area contributed by atoms with Gasteiger partial charge in [0.05, 0.1) is 11.5 Å². The minimum atomic E-state index is -0.193. The van der Waals surface area contributed by atoms with Crippen molar-refractivity contribution in [3.63, 3.8) is 0 Å². The maximum absolute atomic E-state index is 13.2. The van der Waals surface area contributed by atoms with E-state index in [4.69, 9.17) is 5.73 Å². The maximum atomic E-state index is 13.2. The Morgan fingerprint density at radius 1 is 1.41 bits per heavy atom. The van der Waals surface area contributed by atoms with Crippen molar-refractivity contribution in [2.24, 2.45) is 5.73 Å². The highest BCUT2D eigenvalue weighted by Gasteiger charge is 2.45. The van der Waals surface area contributed by atoms with Crippen LogP contribution in [0.15, 0.2) is 24.3 Å². The van der Waals surface area contributed by atoms with Crippen LogP contribution >= 0.6 is 11.8 Å². The molecule has 22 heavy (non-hydrogen) atoms. The standard InChI is InChI=1S/C18H26N2OS/c1-14-5-2-6-15(11-14)16(12-19)17(21)20-9-3-7-18(20)8-4-10-22-13-18/h2,5-6,11,16H,3-4,7-10,12-13,19H2,1H3. The first kappa shape index (κ1) is 15.9. The normalized spacial score (nSPS) is 26.4. The van der Waals surface area contributed by atoms with Crippen LogP contribution in [0.1, 0.15) is 42.7 Å². The second-order valence-corrected chi connectivity index (χ2v) is 7.78. The van der Waals surface area contributed by atoms with Gasteiger partial charge in [0.15, 0.2) is 0 Å². The van der Waals surface area contributed by atoms with Gasteiger partial charge in [0.2, 0.25) is 5.91 Å². The van der Waals surface area contributed by atoms with E-state index in [1.807, 2.05) is 23.9 Å². The third kappa shape index (κ3) is 2.91. The van der Waals surface area contributed by atoms with Gasteiger partial charge in [-0.15, -0.1) is 0 Å². The molecule has 2 aliphatic rings. The van der Waals surface area contributed by atoms with E-state index < -0.39 is 0 Å². The Morgan fingerprint density at radius 2 is 2.23 bits per heavy atom. The molecule has 1 spiro atoms. The number of aryl methyl sites for hydroxylation is 1. The third-order valence-corrected chi connectivity index (χ3v) is 6.46. The molecule has 2 unspecified atom stereocenters. The Labute approximate surface area is 137 Å². The Balaban J connectivity index is 1.84. The lowest BCUT2D eigenvalue weighted by atomic mass is 9.89. The van der Waals surface area contributed by atoms with Crippen molar-refractivity contribution in [2.75, 3.05) is 24.6 Å². The van der Waals surface area contributed by atoms with Crippen LogP contribution in [0.3, 0.4) is 0 Å². The first-order chi connectivity index (χ1) is 10.7. The average molecular weight is 318 g/mol. The summed E-state index contributed by atoms with van der Waals surface area (Å²) in [5.74, 6) is 2.39. The predicted octanol–water partition coefficient (Wildman–Crippen LogP) is 2.93. The number of hydrogen-bond donors (Lipinski definition) is 1. The molecule has 2 N–H and O–H groups in total. The summed E-state index contributed by atoms with van der Waals surface area (Å²) >= 11 is 2.00. The van der Waals surface area contributed by atoms with Gasteiger partial charge in [-0.1, -0.05) is 29.8 Å². The Bertz CT molecular complexity index is 540. The number of hydrogen-bond acceptors (Lipinski definition) is 3. The topological polar surface area (TPSA) is 46.3 Å². The van der Waals surface area contributed by atoms with E-state index in [-0.39, 0.29) is 17.4 Å². The van der Waals surface area contributed by atoms with E-state index in [1.165, 1.54) is 17.7 Å². The number of carbonyl (C=O) groups excluding carboxylic acids is 1. The largest absolute Gasteiger partial charge is 0.336 e. The van der Waals surface area contributed by atoms with E-state index in [1.54, 1.807) is 0 Å². The zero-order valence-corrected chi connectivity index (χ0v) is 14.2. The number of carbonyl (C=O) groups is 1. The molecule has 0 bridgehead atoms. The van der Waals surface area contributed by atoms with Crippen molar-refractivity contribution in [1.29, 1.82) is 0 Å². The number of benzene rings is 1. The molecule has 2 saturated heterocycles. The van der Waals surface area contributed by atoms with Crippen molar-refractivity contribution in [3.8, 4) is 0 Å². The smallest absolute Gasteiger partial charge is 0.231 e. The van der Waals surface area contributed by atoms with Gasteiger partial charge >= 0.3 is 0 Å². The van der Waals surface area contributed by atoms with Gasteiger partial charge < -0.3 is 10.6 Å². The summed E-state index contributed by atoms with van der Waals surface area (Å²) in [5.41, 5.74) is 8.35. The number of rotatable bonds is 3. The Kier molecular flexibility index (Phi) is 4.79. The highest BCUT2D eigenvalue weighted by atomic mass is 32.2. The zero-order valence-electron chi connectivity index (χ0n) is 13.4. The lowest BCUT2D eigenvalue weighted by molar-refractivity contribution is -0.136. The van der Waals surface area contributed by atoms with Gasteiger partial charge in [0.25, 0.3) is 0 Å². The van der Waals surface area contributed by atoms with E-state index >= 15 is 0 Å². The van der Waals surface area contributed by atoms with Crippen LogP contribution < -0.4 is 5.73 Å². The monoisotopic (exact) mass is 318 g/mol. The van der Waals surface area contributed by atoms with Crippen LogP contribution in [-0.4, -0.2) is 40.9 Å². The third-order valence-electron chi connectivity index (χ3n) is 5.14. The summed E-state index contributed by atoms with van der Waals surface area (Å²) in [4.78, 5) is 15.4. The minimum Gasteiger partial charge on any atom is -0.336 e. The first-order valence-electron chi connectivity index (χ1n) is 8.32. The summed E-state index contributed by atoms with van der Waals surface area (Å²) in [7, 11) is 0. The van der Waals surface area contributed by atoms with Crippen LogP contribution in [-0.2, 0) is 4.79 Å². The second-order valence-electron chi connectivity index (χ2n) is 6.68. The first-order valence-corrected chi connectivity index (χ1v) is 9.48. The lowest BCUT2D eigenvalue weighted by Gasteiger charge is -2.42. The van der Waals surface area contributed by atoms with Crippen LogP contribution in [0.25, 0.3) is 0 Å². The molecule has 2 aliphatic heterocycles. The number of likely N-dealkylation sites (tertiary alicyclic amines) is 1. The van der Waals surface area contributed by atoms with Crippen molar-refractivity contribution in [3.05, 3.63) is 35.4 Å². The van der Waals surface area contributed by atoms with Crippen molar-refractivity contribution in [1.82, 2.24) is 4.90 Å². The lowest BCUT2D eigenvalue weighted by Crippen LogP contribution is -2.52. The molecule has 2 heterocycles. The van der Waals surface area contributed by atoms with Crippen LogP contribution in [0.4, 0.5) is 0 Å². The molecule has 0 aliphatic carbocycles. The Hall–Kier alpha value is -1.00. The van der Waals surface area contributed by atoms with Gasteiger partial charge in [-0.05, 0) is 43.9 Å². The fraction of sp³-hybridized carbons (Fsp3) is 0.611. The molecule has 1 amide bonds. The summed E-state index contributed by atoms with van der Waals surface area (Å²) in [6.45, 7) is 3.36. The molecule has 0 aromatic heterocycles. The quantitative estimate of drug-likeness (QED) is 0.932. The number of thioether (sulfide) groups is 1. The van der Waals surface area contributed by atoms with Gasteiger partial charge in [-0.2, -0.15) is 11.8 Å². The van der Waals surface area contributed by atoms with Gasteiger partial charge in [-0.25, -0.2) is 0 Å². The molecule has 4 heteroatoms. The molecule has 1 aromatic rings. The van der Waals surface area contributed by atoms with Gasteiger partial charge in [-0.3, -0.25) is 4.79 Å². The fourth-order valence-electron chi connectivity index (χ4n) is 3.98. The molecular formula is C18H26N2OS. The molecule has 2 atom stereocenters. The van der Waals surface area contributed by atoms with Crippen LogP contribution in [0, 0.1) is 6.92 Å². The zero-order chi connectivity index (χ0) is 15.6. The summed E-state index contributed by atoms with van der Waals surface area (Å²) in [5, 5.41) is 0. The van der Waals surface area contributed by atoms with E-state index in [0.717, 1.165) is 37.1 Å². The number of amides is 1. The molecule has 2 fully saturated rings.